The number of nitrogens with one attached hydrogen (secondary N) is 2. The fraction of sp³-hybridized carbons (Fsp3) is 1.00. The average molecular weight is 289 g/mol. The zero-order chi connectivity index (χ0) is 13.9. The Bertz CT molecular complexity index is 389. The highest BCUT2D eigenvalue weighted by molar-refractivity contribution is 7.89. The minimum atomic E-state index is -3.15. The third-order valence-electron chi connectivity index (χ3n) is 4.46. The lowest BCUT2D eigenvalue weighted by molar-refractivity contribution is 0.253. The van der Waals surface area contributed by atoms with Crippen molar-refractivity contribution < 1.29 is 8.42 Å². The molecule has 0 amide bonds. The zero-order valence-corrected chi connectivity index (χ0v) is 12.9. The van der Waals surface area contributed by atoms with Gasteiger partial charge in [-0.05, 0) is 18.3 Å². The summed E-state index contributed by atoms with van der Waals surface area (Å²) >= 11 is 0. The van der Waals surface area contributed by atoms with Crippen LogP contribution in [0.25, 0.3) is 0 Å². The van der Waals surface area contributed by atoms with E-state index in [1.807, 2.05) is 0 Å². The molecule has 2 fully saturated rings. The van der Waals surface area contributed by atoms with E-state index in [9.17, 15) is 8.42 Å². The van der Waals surface area contributed by atoms with E-state index in [0.29, 0.717) is 6.54 Å². The highest BCUT2D eigenvalue weighted by atomic mass is 32.2. The molecule has 0 aromatic heterocycles. The number of rotatable bonds is 5. The summed E-state index contributed by atoms with van der Waals surface area (Å²) in [6.07, 6.45) is 3.20. The van der Waals surface area contributed by atoms with Crippen LogP contribution < -0.4 is 10.0 Å². The third-order valence-corrected chi connectivity index (χ3v) is 5.83. The van der Waals surface area contributed by atoms with E-state index in [0.717, 1.165) is 45.4 Å². The number of hydrogen-bond donors (Lipinski definition) is 2. The van der Waals surface area contributed by atoms with Crippen molar-refractivity contribution in [1.82, 2.24) is 14.9 Å². The second kappa shape index (κ2) is 6.08. The maximum absolute atomic E-state index is 12.2. The summed E-state index contributed by atoms with van der Waals surface area (Å²) in [5.41, 5.74) is 0.0993. The predicted octanol–water partition coefficient (Wildman–Crippen LogP) is 0.390. The van der Waals surface area contributed by atoms with Crippen LogP contribution in [0.1, 0.15) is 33.1 Å². The highest BCUT2D eigenvalue weighted by Crippen LogP contribution is 2.37. The zero-order valence-electron chi connectivity index (χ0n) is 12.1. The molecule has 1 heterocycles. The van der Waals surface area contributed by atoms with Gasteiger partial charge in [0, 0.05) is 38.8 Å². The smallest absolute Gasteiger partial charge is 0.213 e. The molecule has 0 aromatic rings. The molecular formula is C13H27N3O2S. The minimum absolute atomic E-state index is 0.0993. The summed E-state index contributed by atoms with van der Waals surface area (Å²) in [7, 11) is -3.15. The largest absolute Gasteiger partial charge is 0.314 e. The lowest BCUT2D eigenvalue weighted by Gasteiger charge is -2.29. The Balaban J connectivity index is 1.81. The number of nitrogens with zero attached hydrogens (tertiary/aromatic N) is 1. The van der Waals surface area contributed by atoms with Crippen molar-refractivity contribution in [3.05, 3.63) is 0 Å². The van der Waals surface area contributed by atoms with Crippen LogP contribution in [-0.2, 0) is 10.0 Å². The van der Waals surface area contributed by atoms with E-state index >= 15 is 0 Å². The fourth-order valence-corrected chi connectivity index (χ4v) is 4.49. The second-order valence-corrected chi connectivity index (χ2v) is 8.34. The first-order chi connectivity index (χ1) is 8.89. The standard InChI is InChI=1S/C13H27N3O2S/c1-13(2)5-3-4-12(13)15-19(17,18)11-10-16-8-6-14-7-9-16/h12,14-15H,3-11H2,1-2H3. The Morgan fingerprint density at radius 2 is 2.00 bits per heavy atom. The van der Waals surface area contributed by atoms with E-state index in [-0.39, 0.29) is 17.2 Å². The van der Waals surface area contributed by atoms with Gasteiger partial charge in [0.15, 0.2) is 0 Å². The van der Waals surface area contributed by atoms with E-state index < -0.39 is 10.0 Å². The Labute approximate surface area is 117 Å². The second-order valence-electron chi connectivity index (χ2n) is 6.46. The van der Waals surface area contributed by atoms with Gasteiger partial charge in [-0.25, -0.2) is 13.1 Å². The molecule has 5 nitrogen and oxygen atoms in total. The first-order valence-corrected chi connectivity index (χ1v) is 8.97. The Hall–Kier alpha value is -0.170. The minimum Gasteiger partial charge on any atom is -0.314 e. The molecule has 2 aliphatic rings. The molecule has 1 unspecified atom stereocenters. The van der Waals surface area contributed by atoms with Crippen LogP contribution in [0.3, 0.4) is 0 Å². The van der Waals surface area contributed by atoms with Gasteiger partial charge in [0.05, 0.1) is 5.75 Å². The van der Waals surface area contributed by atoms with Crippen LogP contribution in [0.5, 0.6) is 0 Å². The van der Waals surface area contributed by atoms with E-state index in [1.54, 1.807) is 0 Å². The number of hydrogen-bond acceptors (Lipinski definition) is 4. The van der Waals surface area contributed by atoms with Crippen LogP contribution >= 0.6 is 0 Å². The Kier molecular flexibility index (Phi) is 4.87. The summed E-state index contributed by atoms with van der Waals surface area (Å²) in [5, 5.41) is 3.27. The molecular weight excluding hydrogens is 262 g/mol. The van der Waals surface area contributed by atoms with Crippen molar-refractivity contribution in [3.8, 4) is 0 Å². The molecule has 2 N–H and O–H groups in total. The third kappa shape index (κ3) is 4.41. The maximum atomic E-state index is 12.2. The van der Waals surface area contributed by atoms with Crippen LogP contribution in [0.4, 0.5) is 0 Å². The topological polar surface area (TPSA) is 61.4 Å². The molecule has 1 aliphatic heterocycles. The molecule has 0 radical (unpaired) electrons. The molecule has 2 rings (SSSR count). The van der Waals surface area contributed by atoms with Gasteiger partial charge in [0.25, 0.3) is 0 Å². The van der Waals surface area contributed by atoms with E-state index in [1.165, 1.54) is 0 Å². The molecule has 1 saturated heterocycles. The summed E-state index contributed by atoms with van der Waals surface area (Å²) in [5.74, 6) is 0.222. The molecule has 0 spiro atoms. The maximum Gasteiger partial charge on any atom is 0.213 e. The van der Waals surface area contributed by atoms with Crippen molar-refractivity contribution in [2.24, 2.45) is 5.41 Å². The van der Waals surface area contributed by atoms with Gasteiger partial charge in [0.2, 0.25) is 10.0 Å². The van der Waals surface area contributed by atoms with Gasteiger partial charge < -0.3 is 5.32 Å². The van der Waals surface area contributed by atoms with E-state index in [2.05, 4.69) is 28.8 Å². The van der Waals surface area contributed by atoms with Crippen LogP contribution in [0, 0.1) is 5.41 Å². The van der Waals surface area contributed by atoms with Crippen LogP contribution in [0.2, 0.25) is 0 Å². The quantitative estimate of drug-likeness (QED) is 0.769. The fourth-order valence-electron chi connectivity index (χ4n) is 3.00. The van der Waals surface area contributed by atoms with Gasteiger partial charge in [-0.1, -0.05) is 20.3 Å². The molecule has 0 aromatic carbocycles. The number of piperazine rings is 1. The van der Waals surface area contributed by atoms with Crippen LogP contribution in [-0.4, -0.2) is 57.8 Å². The van der Waals surface area contributed by atoms with Crippen molar-refractivity contribution >= 4 is 10.0 Å². The van der Waals surface area contributed by atoms with E-state index in [4.69, 9.17) is 0 Å². The monoisotopic (exact) mass is 289 g/mol. The van der Waals surface area contributed by atoms with Gasteiger partial charge >= 0.3 is 0 Å². The first-order valence-electron chi connectivity index (χ1n) is 7.32. The van der Waals surface area contributed by atoms with Crippen molar-refractivity contribution in [1.29, 1.82) is 0 Å². The average Bonchev–Trinajstić information content (AvgIpc) is 2.67. The first kappa shape index (κ1) is 15.2. The predicted molar refractivity (Wildman–Crippen MR) is 77.7 cm³/mol. The summed E-state index contributed by atoms with van der Waals surface area (Å²) in [6.45, 7) is 8.78. The highest BCUT2D eigenvalue weighted by Gasteiger charge is 2.36. The van der Waals surface area contributed by atoms with Gasteiger partial charge in [-0.15, -0.1) is 0 Å². The van der Waals surface area contributed by atoms with Crippen LogP contribution in [0.15, 0.2) is 0 Å². The molecule has 19 heavy (non-hydrogen) atoms. The SMILES string of the molecule is CC1(C)CCCC1NS(=O)(=O)CCN1CCNCC1. The van der Waals surface area contributed by atoms with Crippen molar-refractivity contribution in [3.63, 3.8) is 0 Å². The van der Waals surface area contributed by atoms with Gasteiger partial charge in [-0.3, -0.25) is 4.90 Å². The lowest BCUT2D eigenvalue weighted by atomic mass is 9.88. The molecule has 1 atom stereocenters. The summed E-state index contributed by atoms with van der Waals surface area (Å²) in [4.78, 5) is 2.22. The normalized spacial score (nSPS) is 28.6. The summed E-state index contributed by atoms with van der Waals surface area (Å²) < 4.78 is 27.2. The molecule has 6 heteroatoms. The molecule has 112 valence electrons. The molecule has 0 bridgehead atoms. The van der Waals surface area contributed by atoms with Crippen molar-refractivity contribution in [2.45, 2.75) is 39.2 Å². The Morgan fingerprint density at radius 3 is 2.58 bits per heavy atom. The molecule has 1 saturated carbocycles. The summed E-state index contributed by atoms with van der Waals surface area (Å²) in [6, 6.07) is 0.112. The number of sulfonamides is 1. The van der Waals surface area contributed by atoms with Gasteiger partial charge in [0.1, 0.15) is 0 Å². The molecule has 1 aliphatic carbocycles. The van der Waals surface area contributed by atoms with Gasteiger partial charge in [-0.2, -0.15) is 0 Å². The Morgan fingerprint density at radius 1 is 1.32 bits per heavy atom. The lowest BCUT2D eigenvalue weighted by Crippen LogP contribution is -2.47. The van der Waals surface area contributed by atoms with Crippen molar-refractivity contribution in [2.75, 3.05) is 38.5 Å².